The Morgan fingerprint density at radius 3 is 2.05 bits per heavy atom. The zero-order valence-electron chi connectivity index (χ0n) is 13.9. The van der Waals surface area contributed by atoms with Crippen molar-refractivity contribution in [2.45, 2.75) is 20.8 Å². The predicted molar refractivity (Wildman–Crippen MR) is 99.4 cm³/mol. The Balaban J connectivity index is 0.000000326. The van der Waals surface area contributed by atoms with Gasteiger partial charge in [0.05, 0.1) is 0 Å². The van der Waals surface area contributed by atoms with Crippen molar-refractivity contribution in [1.82, 2.24) is 4.90 Å². The van der Waals surface area contributed by atoms with Crippen molar-refractivity contribution in [2.24, 2.45) is 5.41 Å². The minimum atomic E-state index is -1.77. The van der Waals surface area contributed by atoms with E-state index >= 15 is 0 Å². The number of rotatable bonds is 2. The number of halogens is 3. The minimum Gasteiger partial charge on any atom is -0.168 e. The van der Waals surface area contributed by atoms with E-state index in [1.165, 1.54) is 10.8 Å². The molecule has 1 nitrogen and oxygen atoms in total. The molecule has 0 spiro atoms. The van der Waals surface area contributed by atoms with E-state index < -0.39 is 12.3 Å². The molecule has 0 saturated heterocycles. The minimum absolute atomic E-state index is 0.365. The monoisotopic (exact) mass is 399 g/mol. The first kappa shape index (κ1) is 22.2. The summed E-state index contributed by atoms with van der Waals surface area (Å²) >= 11 is -1.77. The summed E-state index contributed by atoms with van der Waals surface area (Å²) in [6, 6.07) is 14.7. The molecule has 2 aromatic rings. The van der Waals surface area contributed by atoms with Crippen LogP contribution in [0.4, 0.5) is 0 Å². The third-order valence-corrected chi connectivity index (χ3v) is 2.62. The van der Waals surface area contributed by atoms with Crippen LogP contribution in [0.2, 0.25) is 0 Å². The summed E-state index contributed by atoms with van der Waals surface area (Å²) in [5.41, 5.74) is 0.365. The zero-order valence-corrected chi connectivity index (χ0v) is 17.5. The van der Waals surface area contributed by atoms with Gasteiger partial charge in [-0.3, -0.25) is 0 Å². The molecule has 0 radical (unpaired) electrons. The van der Waals surface area contributed by atoms with E-state index in [4.69, 9.17) is 29.5 Å². The van der Waals surface area contributed by atoms with Crippen LogP contribution in [-0.2, 0) is 12.3 Å². The van der Waals surface area contributed by atoms with Crippen molar-refractivity contribution in [3.63, 3.8) is 0 Å². The van der Waals surface area contributed by atoms with Crippen LogP contribution in [0.1, 0.15) is 20.8 Å². The average Bonchev–Trinajstić information content (AvgIpc) is 2.84. The number of hydrogen-bond donors (Lipinski definition) is 0. The smallest absolute Gasteiger partial charge is 0.0809 e. The molecule has 0 aliphatic carbocycles. The summed E-state index contributed by atoms with van der Waals surface area (Å²) in [7, 11) is 19.0. The SMILES string of the molecule is CN(C)C[CH-]C(C)(C)C.[Cl][V]([Cl])[Cl].c1ccc2[cH-]ccc2c1. The molecule has 2 rings (SSSR count). The largest absolute Gasteiger partial charge is 0.168 e. The van der Waals surface area contributed by atoms with Crippen LogP contribution in [0.5, 0.6) is 0 Å². The molecule has 0 unspecified atom stereocenters. The second kappa shape index (κ2) is 11.7. The second-order valence-corrected chi connectivity index (χ2v) is 13.1. The van der Waals surface area contributed by atoms with Gasteiger partial charge in [0.15, 0.2) is 0 Å². The van der Waals surface area contributed by atoms with Gasteiger partial charge in [0, 0.05) is 0 Å². The molecular weight excluding hydrogens is 375 g/mol. The Labute approximate surface area is 152 Å². The van der Waals surface area contributed by atoms with E-state index in [0.29, 0.717) is 5.41 Å². The maximum absolute atomic E-state index is 4.95. The van der Waals surface area contributed by atoms with Crippen molar-refractivity contribution in [3.8, 4) is 0 Å². The average molecular weight is 401 g/mol. The molecule has 0 saturated carbocycles. The number of nitrogens with zero attached hydrogens (tertiary/aromatic N) is 1. The molecule has 0 bridgehead atoms. The Bertz CT molecular complexity index is 471. The normalized spacial score (nSPS) is 11.0. The van der Waals surface area contributed by atoms with Crippen molar-refractivity contribution < 1.29 is 12.3 Å². The van der Waals surface area contributed by atoms with E-state index in [9.17, 15) is 0 Å². The third-order valence-electron chi connectivity index (χ3n) is 2.62. The molecule has 5 heteroatoms. The van der Waals surface area contributed by atoms with Crippen LogP contribution in [0.15, 0.2) is 42.5 Å². The van der Waals surface area contributed by atoms with Gasteiger partial charge in [0.25, 0.3) is 0 Å². The van der Waals surface area contributed by atoms with Crippen molar-refractivity contribution in [2.75, 3.05) is 20.6 Å². The number of benzene rings is 1. The summed E-state index contributed by atoms with van der Waals surface area (Å²) in [5.74, 6) is 0. The van der Waals surface area contributed by atoms with Gasteiger partial charge in [0.2, 0.25) is 0 Å². The topological polar surface area (TPSA) is 3.24 Å². The Kier molecular flexibility index (Phi) is 11.9. The van der Waals surface area contributed by atoms with Gasteiger partial charge in [-0.25, -0.2) is 0 Å². The van der Waals surface area contributed by atoms with Gasteiger partial charge in [0.1, 0.15) is 0 Å². The molecule has 0 N–H and O–H groups in total. The van der Waals surface area contributed by atoms with E-state index in [0.717, 1.165) is 6.54 Å². The molecular formula is C17H25Cl3NV-2. The Morgan fingerprint density at radius 1 is 1.09 bits per heavy atom. The van der Waals surface area contributed by atoms with Gasteiger partial charge in [-0.05, 0) is 14.1 Å². The van der Waals surface area contributed by atoms with Crippen LogP contribution in [0.25, 0.3) is 10.8 Å². The van der Waals surface area contributed by atoms with E-state index in [1.807, 2.05) is 0 Å². The fraction of sp³-hybridized carbons (Fsp3) is 0.412. The molecule has 0 amide bonds. The summed E-state index contributed by atoms with van der Waals surface area (Å²) in [6.07, 6.45) is 2.31. The van der Waals surface area contributed by atoms with Gasteiger partial charge >= 0.3 is 41.8 Å². The van der Waals surface area contributed by atoms with Crippen molar-refractivity contribution in [3.05, 3.63) is 48.9 Å². The predicted octanol–water partition coefficient (Wildman–Crippen LogP) is 6.42. The van der Waals surface area contributed by atoms with Crippen LogP contribution < -0.4 is 0 Å². The Morgan fingerprint density at radius 2 is 1.64 bits per heavy atom. The van der Waals surface area contributed by atoms with Crippen LogP contribution in [0, 0.1) is 11.8 Å². The van der Waals surface area contributed by atoms with E-state index in [1.54, 1.807) is 0 Å². The molecule has 0 fully saturated rings. The summed E-state index contributed by atoms with van der Waals surface area (Å²) in [5, 5.41) is 2.66. The van der Waals surface area contributed by atoms with Crippen LogP contribution >= 0.6 is 29.5 Å². The molecule has 0 aliphatic rings. The molecule has 0 aliphatic heterocycles. The summed E-state index contributed by atoms with van der Waals surface area (Å²) in [4.78, 5) is 2.17. The van der Waals surface area contributed by atoms with Gasteiger partial charge in [-0.15, -0.1) is 36.2 Å². The molecule has 22 heavy (non-hydrogen) atoms. The maximum Gasteiger partial charge on any atom is -0.0809 e. The number of hydrogen-bond acceptors (Lipinski definition) is 1. The molecule has 0 heterocycles. The third kappa shape index (κ3) is 13.9. The van der Waals surface area contributed by atoms with Crippen molar-refractivity contribution >= 4 is 40.3 Å². The molecule has 2 aromatic carbocycles. The van der Waals surface area contributed by atoms with Gasteiger partial charge in [-0.1, -0.05) is 26.8 Å². The molecule has 0 atom stereocenters. The van der Waals surface area contributed by atoms with Crippen LogP contribution in [-0.4, -0.2) is 25.5 Å². The fourth-order valence-electron chi connectivity index (χ4n) is 1.53. The fourth-order valence-corrected chi connectivity index (χ4v) is 1.53. The Hall–Kier alpha value is 0.244. The summed E-state index contributed by atoms with van der Waals surface area (Å²) < 4.78 is 0. The maximum atomic E-state index is 4.95. The quantitative estimate of drug-likeness (QED) is 0.525. The number of fused-ring (bicyclic) bond motifs is 1. The first-order valence-corrected chi connectivity index (χ1v) is 12.8. The van der Waals surface area contributed by atoms with Gasteiger partial charge < -0.3 is 11.3 Å². The van der Waals surface area contributed by atoms with E-state index in [-0.39, 0.29) is 0 Å². The molecule has 126 valence electrons. The van der Waals surface area contributed by atoms with Gasteiger partial charge in [-0.2, -0.15) is 22.9 Å². The first-order valence-electron chi connectivity index (χ1n) is 6.99. The molecule has 0 aromatic heterocycles. The zero-order chi connectivity index (χ0) is 17.2. The van der Waals surface area contributed by atoms with Crippen LogP contribution in [0.3, 0.4) is 0 Å². The summed E-state index contributed by atoms with van der Waals surface area (Å²) in [6.45, 7) is 7.73. The van der Waals surface area contributed by atoms with E-state index in [2.05, 4.69) is 88.7 Å². The standard InChI is InChI=1S/C9H7.C8H18N.3ClH.V/c1-2-5-9-7-3-6-8(9)4-1;1-8(2,3)6-7-9(4)5;;;;/h1-7H;6H,7H2,1-5H3;3*1H;/q2*-1;;;;+3/p-3. The first-order chi connectivity index (χ1) is 10.1. The van der Waals surface area contributed by atoms with Crippen molar-refractivity contribution in [1.29, 1.82) is 0 Å². The second-order valence-electron chi connectivity index (χ2n) is 6.18.